The number of hydrogen-bond donors (Lipinski definition) is 0. The second-order valence-electron chi connectivity index (χ2n) is 3.27. The average Bonchev–Trinajstić information content (AvgIpc) is 2.25. The molecule has 1 rings (SSSR count). The zero-order valence-electron chi connectivity index (χ0n) is 8.90. The second kappa shape index (κ2) is 6.57. The van der Waals surface area contributed by atoms with E-state index in [9.17, 15) is 0 Å². The highest BCUT2D eigenvalue weighted by Gasteiger charge is 2.01. The number of rotatable bonds is 6. The lowest BCUT2D eigenvalue weighted by Crippen LogP contribution is -2.15. The minimum atomic E-state index is 0.162. The zero-order chi connectivity index (χ0) is 10.2. The standard InChI is InChI=1S/C12H18O2/c1-3-13-9-11(2)14-10-12-7-5-4-6-8-12/h4-8,11H,3,9-10H2,1-2H3/t11-/m0/s1. The fourth-order valence-corrected chi connectivity index (χ4v) is 1.14. The van der Waals surface area contributed by atoms with Crippen molar-refractivity contribution >= 4 is 0 Å². The number of benzene rings is 1. The van der Waals surface area contributed by atoms with Gasteiger partial charge >= 0.3 is 0 Å². The summed E-state index contributed by atoms with van der Waals surface area (Å²) < 4.78 is 10.9. The van der Waals surface area contributed by atoms with E-state index in [0.29, 0.717) is 13.2 Å². The van der Waals surface area contributed by atoms with E-state index >= 15 is 0 Å². The van der Waals surface area contributed by atoms with Gasteiger partial charge in [0, 0.05) is 6.61 Å². The fourth-order valence-electron chi connectivity index (χ4n) is 1.14. The van der Waals surface area contributed by atoms with Crippen molar-refractivity contribution in [1.29, 1.82) is 0 Å². The second-order valence-corrected chi connectivity index (χ2v) is 3.27. The lowest BCUT2D eigenvalue weighted by molar-refractivity contribution is -0.0116. The van der Waals surface area contributed by atoms with E-state index in [1.165, 1.54) is 5.56 Å². The predicted molar refractivity (Wildman–Crippen MR) is 57.2 cm³/mol. The quantitative estimate of drug-likeness (QED) is 0.693. The van der Waals surface area contributed by atoms with E-state index in [-0.39, 0.29) is 6.10 Å². The predicted octanol–water partition coefficient (Wildman–Crippen LogP) is 2.63. The SMILES string of the molecule is CCOC[C@H](C)OCc1ccccc1. The van der Waals surface area contributed by atoms with Crippen molar-refractivity contribution in [2.75, 3.05) is 13.2 Å². The lowest BCUT2D eigenvalue weighted by Gasteiger charge is -2.12. The molecule has 0 spiro atoms. The smallest absolute Gasteiger partial charge is 0.0785 e. The lowest BCUT2D eigenvalue weighted by atomic mass is 10.2. The van der Waals surface area contributed by atoms with Gasteiger partial charge in [-0.15, -0.1) is 0 Å². The molecule has 14 heavy (non-hydrogen) atoms. The van der Waals surface area contributed by atoms with Gasteiger partial charge < -0.3 is 9.47 Å². The van der Waals surface area contributed by atoms with E-state index in [1.54, 1.807) is 0 Å². The molecule has 0 heterocycles. The molecule has 0 radical (unpaired) electrons. The molecule has 1 aromatic carbocycles. The first-order valence-corrected chi connectivity index (χ1v) is 5.06. The Kier molecular flexibility index (Phi) is 5.27. The third-order valence-corrected chi connectivity index (χ3v) is 1.93. The molecule has 0 aliphatic carbocycles. The van der Waals surface area contributed by atoms with E-state index < -0.39 is 0 Å². The summed E-state index contributed by atoms with van der Waals surface area (Å²) in [6.07, 6.45) is 0.162. The Labute approximate surface area is 85.8 Å². The van der Waals surface area contributed by atoms with E-state index in [0.717, 1.165) is 6.61 Å². The van der Waals surface area contributed by atoms with Crippen LogP contribution in [-0.2, 0) is 16.1 Å². The minimum absolute atomic E-state index is 0.162. The summed E-state index contributed by atoms with van der Waals surface area (Å²) in [7, 11) is 0. The van der Waals surface area contributed by atoms with Crippen molar-refractivity contribution in [3.63, 3.8) is 0 Å². The summed E-state index contributed by atoms with van der Waals surface area (Å²) >= 11 is 0. The summed E-state index contributed by atoms with van der Waals surface area (Å²) in [6.45, 7) is 6.10. The first kappa shape index (κ1) is 11.2. The summed E-state index contributed by atoms with van der Waals surface area (Å²) in [5.41, 5.74) is 1.20. The Morgan fingerprint density at radius 1 is 1.21 bits per heavy atom. The molecular formula is C12H18O2. The normalized spacial score (nSPS) is 12.7. The molecule has 0 aromatic heterocycles. The van der Waals surface area contributed by atoms with E-state index in [1.807, 2.05) is 32.0 Å². The maximum atomic E-state index is 5.61. The van der Waals surface area contributed by atoms with Crippen LogP contribution in [0.25, 0.3) is 0 Å². The topological polar surface area (TPSA) is 18.5 Å². The molecule has 0 aliphatic heterocycles. The first-order chi connectivity index (χ1) is 6.83. The highest BCUT2D eigenvalue weighted by atomic mass is 16.5. The molecular weight excluding hydrogens is 176 g/mol. The van der Waals surface area contributed by atoms with Crippen LogP contribution in [0.15, 0.2) is 30.3 Å². The molecule has 0 amide bonds. The van der Waals surface area contributed by atoms with Crippen LogP contribution in [-0.4, -0.2) is 19.3 Å². The fraction of sp³-hybridized carbons (Fsp3) is 0.500. The third kappa shape index (κ3) is 4.40. The van der Waals surface area contributed by atoms with Gasteiger partial charge in [0.15, 0.2) is 0 Å². The molecule has 0 saturated carbocycles. The maximum Gasteiger partial charge on any atom is 0.0785 e. The molecule has 0 aliphatic rings. The molecule has 78 valence electrons. The van der Waals surface area contributed by atoms with Crippen LogP contribution in [0.5, 0.6) is 0 Å². The van der Waals surface area contributed by atoms with Crippen LogP contribution >= 0.6 is 0 Å². The van der Waals surface area contributed by atoms with E-state index in [2.05, 4.69) is 12.1 Å². The Balaban J connectivity index is 2.20. The highest BCUT2D eigenvalue weighted by molar-refractivity contribution is 5.13. The van der Waals surface area contributed by atoms with Gasteiger partial charge in [-0.1, -0.05) is 30.3 Å². The Morgan fingerprint density at radius 2 is 1.93 bits per heavy atom. The Morgan fingerprint density at radius 3 is 2.57 bits per heavy atom. The monoisotopic (exact) mass is 194 g/mol. The molecule has 1 atom stereocenters. The van der Waals surface area contributed by atoms with Crippen molar-refractivity contribution in [3.8, 4) is 0 Å². The molecule has 0 bridgehead atoms. The van der Waals surface area contributed by atoms with Crippen LogP contribution in [0.3, 0.4) is 0 Å². The number of ether oxygens (including phenoxy) is 2. The molecule has 0 unspecified atom stereocenters. The molecule has 0 N–H and O–H groups in total. The van der Waals surface area contributed by atoms with Crippen LogP contribution in [0, 0.1) is 0 Å². The molecule has 1 aromatic rings. The van der Waals surface area contributed by atoms with Crippen LogP contribution in [0.2, 0.25) is 0 Å². The van der Waals surface area contributed by atoms with Gasteiger partial charge in [0.1, 0.15) is 0 Å². The summed E-state index contributed by atoms with van der Waals surface area (Å²) in [5.74, 6) is 0. The van der Waals surface area contributed by atoms with Gasteiger partial charge in [0.05, 0.1) is 19.3 Å². The zero-order valence-corrected chi connectivity index (χ0v) is 8.90. The van der Waals surface area contributed by atoms with Gasteiger partial charge in [-0.25, -0.2) is 0 Å². The van der Waals surface area contributed by atoms with Crippen molar-refractivity contribution in [2.45, 2.75) is 26.6 Å². The first-order valence-electron chi connectivity index (χ1n) is 5.06. The van der Waals surface area contributed by atoms with Crippen molar-refractivity contribution in [1.82, 2.24) is 0 Å². The summed E-state index contributed by atoms with van der Waals surface area (Å²) in [6, 6.07) is 10.2. The average molecular weight is 194 g/mol. The maximum absolute atomic E-state index is 5.61. The van der Waals surface area contributed by atoms with Gasteiger partial charge in [-0.3, -0.25) is 0 Å². The minimum Gasteiger partial charge on any atom is -0.379 e. The van der Waals surface area contributed by atoms with Crippen molar-refractivity contribution in [2.24, 2.45) is 0 Å². The molecule has 2 nitrogen and oxygen atoms in total. The van der Waals surface area contributed by atoms with Gasteiger partial charge in [-0.05, 0) is 19.4 Å². The van der Waals surface area contributed by atoms with Crippen LogP contribution in [0.1, 0.15) is 19.4 Å². The highest BCUT2D eigenvalue weighted by Crippen LogP contribution is 2.03. The summed E-state index contributed by atoms with van der Waals surface area (Å²) in [4.78, 5) is 0. The molecule has 2 heteroatoms. The largest absolute Gasteiger partial charge is 0.379 e. The van der Waals surface area contributed by atoms with E-state index in [4.69, 9.17) is 9.47 Å². The Hall–Kier alpha value is -0.860. The number of hydrogen-bond acceptors (Lipinski definition) is 2. The van der Waals surface area contributed by atoms with Crippen LogP contribution in [0.4, 0.5) is 0 Å². The molecule has 0 fully saturated rings. The third-order valence-electron chi connectivity index (χ3n) is 1.93. The van der Waals surface area contributed by atoms with Crippen molar-refractivity contribution < 1.29 is 9.47 Å². The van der Waals surface area contributed by atoms with Crippen LogP contribution < -0.4 is 0 Å². The molecule has 0 saturated heterocycles. The van der Waals surface area contributed by atoms with Gasteiger partial charge in [-0.2, -0.15) is 0 Å². The summed E-state index contributed by atoms with van der Waals surface area (Å²) in [5, 5.41) is 0. The van der Waals surface area contributed by atoms with Crippen molar-refractivity contribution in [3.05, 3.63) is 35.9 Å². The Bertz CT molecular complexity index is 233. The van der Waals surface area contributed by atoms with Gasteiger partial charge in [0.2, 0.25) is 0 Å². The van der Waals surface area contributed by atoms with Gasteiger partial charge in [0.25, 0.3) is 0 Å².